The molecule has 1 atom stereocenters. The van der Waals surface area contributed by atoms with Gasteiger partial charge < -0.3 is 5.32 Å². The molecule has 0 aliphatic carbocycles. The Hall–Kier alpha value is -2.67. The summed E-state index contributed by atoms with van der Waals surface area (Å²) in [5.41, 5.74) is 1.26. The minimum atomic E-state index is -0.805. The molecule has 20 heavy (non-hydrogen) atoms. The SMILES string of the molecule is N#CC(Cc1ccccc1)C(=O)Nc1cccc(F)c1. The van der Waals surface area contributed by atoms with E-state index in [1.165, 1.54) is 18.2 Å². The standard InChI is InChI=1S/C16H13FN2O/c17-14-7-4-8-15(10-14)19-16(20)13(11-18)9-12-5-2-1-3-6-12/h1-8,10,13H,9H2,(H,19,20). The molecule has 0 aliphatic rings. The van der Waals surface area contributed by atoms with Crippen molar-refractivity contribution in [3.63, 3.8) is 0 Å². The van der Waals surface area contributed by atoms with Crippen molar-refractivity contribution in [1.29, 1.82) is 5.26 Å². The first kappa shape index (κ1) is 13.8. The molecule has 4 heteroatoms. The van der Waals surface area contributed by atoms with Gasteiger partial charge in [0.15, 0.2) is 0 Å². The van der Waals surface area contributed by atoms with Crippen molar-refractivity contribution < 1.29 is 9.18 Å². The molecule has 2 aromatic rings. The molecule has 0 aromatic heterocycles. The predicted octanol–water partition coefficient (Wildman–Crippen LogP) is 3.15. The average Bonchev–Trinajstić information content (AvgIpc) is 2.45. The highest BCUT2D eigenvalue weighted by atomic mass is 19.1. The highest BCUT2D eigenvalue weighted by molar-refractivity contribution is 5.94. The number of nitriles is 1. The number of nitrogens with zero attached hydrogens (tertiary/aromatic N) is 1. The Balaban J connectivity index is 2.05. The zero-order chi connectivity index (χ0) is 14.4. The summed E-state index contributed by atoms with van der Waals surface area (Å²) in [4.78, 5) is 12.0. The van der Waals surface area contributed by atoms with Crippen molar-refractivity contribution >= 4 is 11.6 Å². The summed E-state index contributed by atoms with van der Waals surface area (Å²) in [7, 11) is 0. The Labute approximate surface area is 116 Å². The van der Waals surface area contributed by atoms with Gasteiger partial charge in [-0.15, -0.1) is 0 Å². The first-order chi connectivity index (χ1) is 9.69. The quantitative estimate of drug-likeness (QED) is 0.926. The Morgan fingerprint density at radius 3 is 2.60 bits per heavy atom. The first-order valence-corrected chi connectivity index (χ1v) is 6.19. The maximum atomic E-state index is 13.0. The molecule has 2 rings (SSSR count). The summed E-state index contributed by atoms with van der Waals surface area (Å²) in [5, 5.41) is 11.7. The molecule has 0 aliphatic heterocycles. The van der Waals surface area contributed by atoms with Crippen molar-refractivity contribution in [2.75, 3.05) is 5.32 Å². The molecule has 0 saturated heterocycles. The van der Waals surface area contributed by atoms with Gasteiger partial charge in [-0.3, -0.25) is 4.79 Å². The van der Waals surface area contributed by atoms with Crippen LogP contribution >= 0.6 is 0 Å². The number of anilines is 1. The third-order valence-electron chi connectivity index (χ3n) is 2.85. The van der Waals surface area contributed by atoms with Crippen LogP contribution in [0.15, 0.2) is 54.6 Å². The van der Waals surface area contributed by atoms with E-state index in [4.69, 9.17) is 5.26 Å². The van der Waals surface area contributed by atoms with E-state index in [-0.39, 0.29) is 0 Å². The highest BCUT2D eigenvalue weighted by Crippen LogP contribution is 2.13. The summed E-state index contributed by atoms with van der Waals surface area (Å²) < 4.78 is 13.0. The van der Waals surface area contributed by atoms with Gasteiger partial charge in [-0.05, 0) is 30.2 Å². The van der Waals surface area contributed by atoms with Crippen LogP contribution in [0.25, 0.3) is 0 Å². The van der Waals surface area contributed by atoms with Crippen LogP contribution in [0.4, 0.5) is 10.1 Å². The van der Waals surface area contributed by atoms with E-state index in [0.29, 0.717) is 12.1 Å². The van der Waals surface area contributed by atoms with E-state index >= 15 is 0 Å². The van der Waals surface area contributed by atoms with E-state index in [9.17, 15) is 9.18 Å². The minimum absolute atomic E-state index is 0.332. The second kappa shape index (κ2) is 6.48. The zero-order valence-corrected chi connectivity index (χ0v) is 10.7. The fourth-order valence-electron chi connectivity index (χ4n) is 1.84. The van der Waals surface area contributed by atoms with Crippen LogP contribution in [0, 0.1) is 23.1 Å². The summed E-state index contributed by atoms with van der Waals surface area (Å²) in [6.45, 7) is 0. The summed E-state index contributed by atoms with van der Waals surface area (Å²) >= 11 is 0. The molecule has 0 radical (unpaired) electrons. The number of amides is 1. The second-order valence-electron chi connectivity index (χ2n) is 4.37. The number of carbonyl (C=O) groups excluding carboxylic acids is 1. The fraction of sp³-hybridized carbons (Fsp3) is 0.125. The van der Waals surface area contributed by atoms with Gasteiger partial charge in [0.2, 0.25) is 5.91 Å². The summed E-state index contributed by atoms with van der Waals surface area (Å²) in [5.74, 6) is -1.66. The molecule has 1 amide bonds. The minimum Gasteiger partial charge on any atom is -0.325 e. The molecule has 2 aromatic carbocycles. The molecule has 100 valence electrons. The number of rotatable bonds is 4. The van der Waals surface area contributed by atoms with E-state index in [0.717, 1.165) is 5.56 Å². The van der Waals surface area contributed by atoms with Crippen LogP contribution in [-0.2, 0) is 11.2 Å². The lowest BCUT2D eigenvalue weighted by Crippen LogP contribution is -2.23. The third-order valence-corrected chi connectivity index (χ3v) is 2.85. The Morgan fingerprint density at radius 1 is 1.20 bits per heavy atom. The van der Waals surface area contributed by atoms with Crippen LogP contribution in [0.3, 0.4) is 0 Å². The average molecular weight is 268 g/mol. The van der Waals surface area contributed by atoms with E-state index < -0.39 is 17.6 Å². The van der Waals surface area contributed by atoms with Crippen molar-refractivity contribution in [1.82, 2.24) is 0 Å². The highest BCUT2D eigenvalue weighted by Gasteiger charge is 2.18. The maximum Gasteiger partial charge on any atom is 0.242 e. The van der Waals surface area contributed by atoms with E-state index in [1.54, 1.807) is 6.07 Å². The van der Waals surface area contributed by atoms with Gasteiger partial charge >= 0.3 is 0 Å². The van der Waals surface area contributed by atoms with Gasteiger partial charge in [0, 0.05) is 5.69 Å². The predicted molar refractivity (Wildman–Crippen MR) is 74.3 cm³/mol. The van der Waals surface area contributed by atoms with Gasteiger partial charge in [0.25, 0.3) is 0 Å². The molecule has 0 heterocycles. The first-order valence-electron chi connectivity index (χ1n) is 6.19. The molecular weight excluding hydrogens is 255 g/mol. The number of halogens is 1. The van der Waals surface area contributed by atoms with Gasteiger partial charge in [0.1, 0.15) is 11.7 Å². The van der Waals surface area contributed by atoms with Crippen molar-refractivity contribution in [2.24, 2.45) is 5.92 Å². The molecule has 0 spiro atoms. The molecule has 1 unspecified atom stereocenters. The Kier molecular flexibility index (Phi) is 4.46. The van der Waals surface area contributed by atoms with Crippen LogP contribution in [0.1, 0.15) is 5.56 Å². The van der Waals surface area contributed by atoms with E-state index in [1.807, 2.05) is 36.4 Å². The molecule has 0 fully saturated rings. The van der Waals surface area contributed by atoms with Crippen LogP contribution < -0.4 is 5.32 Å². The Bertz CT molecular complexity index is 634. The van der Waals surface area contributed by atoms with Crippen molar-refractivity contribution in [3.8, 4) is 6.07 Å². The molecular formula is C16H13FN2O. The molecule has 0 bridgehead atoms. The number of hydrogen-bond acceptors (Lipinski definition) is 2. The van der Waals surface area contributed by atoms with Crippen molar-refractivity contribution in [2.45, 2.75) is 6.42 Å². The zero-order valence-electron chi connectivity index (χ0n) is 10.7. The molecule has 0 saturated carbocycles. The summed E-state index contributed by atoms with van der Waals surface area (Å²) in [6, 6.07) is 16.9. The lowest BCUT2D eigenvalue weighted by molar-refractivity contribution is -0.118. The maximum absolute atomic E-state index is 13.0. The smallest absolute Gasteiger partial charge is 0.242 e. The monoisotopic (exact) mass is 268 g/mol. The van der Waals surface area contributed by atoms with Gasteiger partial charge in [-0.1, -0.05) is 36.4 Å². The van der Waals surface area contributed by atoms with Crippen LogP contribution in [0.5, 0.6) is 0 Å². The number of hydrogen-bond donors (Lipinski definition) is 1. The molecule has 3 nitrogen and oxygen atoms in total. The van der Waals surface area contributed by atoms with Gasteiger partial charge in [-0.2, -0.15) is 5.26 Å². The number of carbonyl (C=O) groups is 1. The number of benzene rings is 2. The van der Waals surface area contributed by atoms with Crippen LogP contribution in [0.2, 0.25) is 0 Å². The largest absolute Gasteiger partial charge is 0.325 e. The normalized spacial score (nSPS) is 11.4. The fourth-order valence-corrected chi connectivity index (χ4v) is 1.84. The van der Waals surface area contributed by atoms with Crippen molar-refractivity contribution in [3.05, 3.63) is 66.0 Å². The second-order valence-corrected chi connectivity index (χ2v) is 4.37. The topological polar surface area (TPSA) is 52.9 Å². The number of nitrogens with one attached hydrogen (secondary N) is 1. The van der Waals surface area contributed by atoms with Gasteiger partial charge in [0.05, 0.1) is 6.07 Å². The van der Waals surface area contributed by atoms with E-state index in [2.05, 4.69) is 5.32 Å². The van der Waals surface area contributed by atoms with Crippen LogP contribution in [-0.4, -0.2) is 5.91 Å². The molecule has 1 N–H and O–H groups in total. The lowest BCUT2D eigenvalue weighted by atomic mass is 10.00. The van der Waals surface area contributed by atoms with Gasteiger partial charge in [-0.25, -0.2) is 4.39 Å². The Morgan fingerprint density at radius 2 is 1.95 bits per heavy atom. The summed E-state index contributed by atoms with van der Waals surface area (Å²) in [6.07, 6.45) is 0.332. The third kappa shape index (κ3) is 3.66. The lowest BCUT2D eigenvalue weighted by Gasteiger charge is -2.10.